The van der Waals surface area contributed by atoms with Crippen LogP contribution in [0.3, 0.4) is 0 Å². The highest BCUT2D eigenvalue weighted by atomic mass is 35.5. The predicted octanol–water partition coefficient (Wildman–Crippen LogP) is -1.44. The number of aliphatic hydroxyl groups is 2. The summed E-state index contributed by atoms with van der Waals surface area (Å²) in [6, 6.07) is 15.8. The normalized spacial score (nSPS) is 13.0. The van der Waals surface area contributed by atoms with E-state index in [-0.39, 0.29) is 25.1 Å². The second-order valence-electron chi connectivity index (χ2n) is 5.85. The number of aliphatic hydroxyl groups excluding tert-OH is 2. The van der Waals surface area contributed by atoms with Gasteiger partial charge in [0.25, 0.3) is 0 Å². The van der Waals surface area contributed by atoms with Gasteiger partial charge in [-0.2, -0.15) is 0 Å². The average Bonchev–Trinajstić information content (AvgIpc) is 2.58. The van der Waals surface area contributed by atoms with Gasteiger partial charge in [0.15, 0.2) is 0 Å². The van der Waals surface area contributed by atoms with Crippen molar-refractivity contribution in [3.63, 3.8) is 0 Å². The number of quaternary nitrogens is 1. The Labute approximate surface area is 149 Å². The van der Waals surface area contributed by atoms with Gasteiger partial charge in [-0.05, 0) is 42.7 Å². The first-order valence-electron chi connectivity index (χ1n) is 8.01. The lowest BCUT2D eigenvalue weighted by Gasteiger charge is -2.19. The van der Waals surface area contributed by atoms with Gasteiger partial charge in [-0.15, -0.1) is 0 Å². The Kier molecular flexibility index (Phi) is 8.79. The van der Waals surface area contributed by atoms with Crippen molar-refractivity contribution in [2.75, 3.05) is 13.2 Å². The first-order valence-corrected chi connectivity index (χ1v) is 8.01. The number of hydrogen-bond acceptors (Lipinski definition) is 3. The Hall–Kier alpha value is -1.59. The number of nitrogens with two attached hydrogens (primary N) is 1. The first-order chi connectivity index (χ1) is 11.1. The first kappa shape index (κ1) is 20.5. The third kappa shape index (κ3) is 5.80. The van der Waals surface area contributed by atoms with Crippen LogP contribution >= 0.6 is 0 Å². The van der Waals surface area contributed by atoms with Crippen molar-refractivity contribution >= 4 is 0 Å². The van der Waals surface area contributed by atoms with E-state index in [2.05, 4.69) is 0 Å². The van der Waals surface area contributed by atoms with Crippen molar-refractivity contribution in [2.45, 2.75) is 32.6 Å². The molecule has 0 aromatic heterocycles. The van der Waals surface area contributed by atoms with Gasteiger partial charge in [0.2, 0.25) is 0 Å². The van der Waals surface area contributed by atoms with E-state index in [0.29, 0.717) is 13.2 Å². The SMILES string of the molecule is Cc1cc(C(O)C(C)[NH2+]CCO)ccc1OCc1ccccc1.[Cl-]. The predicted molar refractivity (Wildman–Crippen MR) is 90.3 cm³/mol. The second kappa shape index (κ2) is 10.3. The van der Waals surface area contributed by atoms with Gasteiger partial charge in [0.1, 0.15) is 24.5 Å². The molecular formula is C19H26ClNO3. The standard InChI is InChI=1S/C19H25NO3.ClH/c1-14-12-17(19(22)15(2)20-10-11-21)8-9-18(14)23-13-16-6-4-3-5-7-16;/h3-9,12,15,19-22H,10-11,13H2,1-2H3;1H. The lowest BCUT2D eigenvalue weighted by molar-refractivity contribution is -0.695. The number of rotatable bonds is 8. The molecule has 0 saturated carbocycles. The lowest BCUT2D eigenvalue weighted by Crippen LogP contribution is -3.00. The zero-order valence-electron chi connectivity index (χ0n) is 14.2. The summed E-state index contributed by atoms with van der Waals surface area (Å²) in [6.07, 6.45) is -0.566. The highest BCUT2D eigenvalue weighted by Crippen LogP contribution is 2.24. The van der Waals surface area contributed by atoms with Gasteiger partial charge in [-0.25, -0.2) is 0 Å². The van der Waals surface area contributed by atoms with Gasteiger partial charge >= 0.3 is 0 Å². The fourth-order valence-electron chi connectivity index (χ4n) is 2.52. The van der Waals surface area contributed by atoms with Crippen LogP contribution < -0.4 is 22.5 Å². The number of benzene rings is 2. The molecule has 0 heterocycles. The third-order valence-electron chi connectivity index (χ3n) is 3.94. The molecule has 0 saturated heterocycles. The topological polar surface area (TPSA) is 66.3 Å². The molecule has 2 atom stereocenters. The summed E-state index contributed by atoms with van der Waals surface area (Å²) in [5.74, 6) is 0.830. The minimum absolute atomic E-state index is 0. The molecule has 0 spiro atoms. The molecule has 0 amide bonds. The summed E-state index contributed by atoms with van der Waals surface area (Å²) >= 11 is 0. The van der Waals surface area contributed by atoms with E-state index < -0.39 is 6.10 Å². The molecule has 2 unspecified atom stereocenters. The molecule has 4 nitrogen and oxygen atoms in total. The average molecular weight is 352 g/mol. The van der Waals surface area contributed by atoms with Crippen LogP contribution in [0.25, 0.3) is 0 Å². The van der Waals surface area contributed by atoms with Gasteiger partial charge in [0, 0.05) is 0 Å². The summed E-state index contributed by atoms with van der Waals surface area (Å²) in [5, 5.41) is 21.2. The minimum atomic E-state index is -0.566. The van der Waals surface area contributed by atoms with Crippen LogP contribution in [0, 0.1) is 6.92 Å². The molecule has 2 aromatic rings. The Balaban J connectivity index is 0.00000288. The maximum atomic E-state index is 10.4. The highest BCUT2D eigenvalue weighted by Gasteiger charge is 2.19. The highest BCUT2D eigenvalue weighted by molar-refractivity contribution is 5.37. The van der Waals surface area contributed by atoms with Crippen molar-refractivity contribution < 1.29 is 32.7 Å². The van der Waals surface area contributed by atoms with Crippen molar-refractivity contribution in [1.82, 2.24) is 0 Å². The largest absolute Gasteiger partial charge is 1.00 e. The summed E-state index contributed by atoms with van der Waals surface area (Å²) < 4.78 is 5.86. The number of ether oxygens (including phenoxy) is 1. The van der Waals surface area contributed by atoms with Crippen LogP contribution in [0.15, 0.2) is 48.5 Å². The molecule has 2 rings (SSSR count). The molecule has 0 radical (unpaired) electrons. The monoisotopic (exact) mass is 351 g/mol. The fourth-order valence-corrected chi connectivity index (χ4v) is 2.52. The van der Waals surface area contributed by atoms with E-state index in [1.165, 1.54) is 0 Å². The Bertz CT molecular complexity index is 607. The van der Waals surface area contributed by atoms with Crippen molar-refractivity contribution in [3.05, 3.63) is 65.2 Å². The van der Waals surface area contributed by atoms with Gasteiger partial charge < -0.3 is 32.7 Å². The lowest BCUT2D eigenvalue weighted by atomic mass is 10.0. The van der Waals surface area contributed by atoms with E-state index in [1.54, 1.807) is 0 Å². The van der Waals surface area contributed by atoms with Crippen molar-refractivity contribution in [3.8, 4) is 5.75 Å². The summed E-state index contributed by atoms with van der Waals surface area (Å²) in [7, 11) is 0. The molecule has 24 heavy (non-hydrogen) atoms. The Morgan fingerprint density at radius 3 is 2.46 bits per heavy atom. The van der Waals surface area contributed by atoms with Gasteiger partial charge in [0.05, 0.1) is 13.2 Å². The minimum Gasteiger partial charge on any atom is -1.00 e. The molecule has 0 fully saturated rings. The van der Waals surface area contributed by atoms with Crippen molar-refractivity contribution in [1.29, 1.82) is 0 Å². The second-order valence-corrected chi connectivity index (χ2v) is 5.85. The molecule has 0 aliphatic heterocycles. The van der Waals surface area contributed by atoms with Crippen LogP contribution in [0.2, 0.25) is 0 Å². The molecular weight excluding hydrogens is 326 g/mol. The molecule has 2 aromatic carbocycles. The summed E-state index contributed by atoms with van der Waals surface area (Å²) in [6.45, 7) is 5.18. The van der Waals surface area contributed by atoms with E-state index in [9.17, 15) is 5.11 Å². The molecule has 132 valence electrons. The maximum Gasteiger partial charge on any atom is 0.130 e. The molecule has 5 heteroatoms. The number of hydrogen-bond donors (Lipinski definition) is 3. The van der Waals surface area contributed by atoms with E-state index >= 15 is 0 Å². The number of halogens is 1. The zero-order chi connectivity index (χ0) is 16.7. The van der Waals surface area contributed by atoms with Gasteiger partial charge in [-0.3, -0.25) is 0 Å². The van der Waals surface area contributed by atoms with Crippen molar-refractivity contribution in [2.24, 2.45) is 0 Å². The molecule has 0 aliphatic carbocycles. The molecule has 0 bridgehead atoms. The Morgan fingerprint density at radius 2 is 1.83 bits per heavy atom. The quantitative estimate of drug-likeness (QED) is 0.545. The van der Waals surface area contributed by atoms with Gasteiger partial charge in [-0.1, -0.05) is 36.4 Å². The van der Waals surface area contributed by atoms with E-state index in [1.807, 2.05) is 67.7 Å². The van der Waals surface area contributed by atoms with Crippen LogP contribution in [-0.4, -0.2) is 29.4 Å². The smallest absolute Gasteiger partial charge is 0.130 e. The molecule has 0 aliphatic rings. The Morgan fingerprint density at radius 1 is 1.12 bits per heavy atom. The van der Waals surface area contributed by atoms with Crippen LogP contribution in [0.4, 0.5) is 0 Å². The van der Waals surface area contributed by atoms with Crippen LogP contribution in [0.1, 0.15) is 29.7 Å². The fraction of sp³-hybridized carbons (Fsp3) is 0.368. The molecule has 4 N–H and O–H groups in total. The zero-order valence-corrected chi connectivity index (χ0v) is 14.9. The summed E-state index contributed by atoms with van der Waals surface area (Å²) in [5.41, 5.74) is 3.01. The van der Waals surface area contributed by atoms with Crippen LogP contribution in [-0.2, 0) is 6.61 Å². The van der Waals surface area contributed by atoms with E-state index in [0.717, 1.165) is 22.4 Å². The van der Waals surface area contributed by atoms with E-state index in [4.69, 9.17) is 9.84 Å². The van der Waals surface area contributed by atoms with Crippen LogP contribution in [0.5, 0.6) is 5.75 Å². The maximum absolute atomic E-state index is 10.4. The third-order valence-corrected chi connectivity index (χ3v) is 3.94. The number of aryl methyl sites for hydroxylation is 1. The summed E-state index contributed by atoms with van der Waals surface area (Å²) in [4.78, 5) is 0.